The Kier molecular flexibility index (Phi) is 7.34. The zero-order valence-electron chi connectivity index (χ0n) is 27.0. The summed E-state index contributed by atoms with van der Waals surface area (Å²) in [5.74, 6) is 1.19. The number of rotatable bonds is 7. The van der Waals surface area contributed by atoms with Crippen LogP contribution in [0.25, 0.3) is 22.3 Å². The number of fused-ring (bicyclic) bond motifs is 2. The van der Waals surface area contributed by atoms with Crippen LogP contribution < -0.4 is 14.4 Å². The zero-order chi connectivity index (χ0) is 34.5. The molecule has 0 aliphatic carbocycles. The molecule has 0 saturated heterocycles. The summed E-state index contributed by atoms with van der Waals surface area (Å²) >= 11 is 0. The number of benzene rings is 6. The maximum absolute atomic E-state index is 13.6. The van der Waals surface area contributed by atoms with Crippen LogP contribution in [0.2, 0.25) is 0 Å². The predicted octanol–water partition coefficient (Wildman–Crippen LogP) is 8.94. The lowest BCUT2D eigenvalue weighted by Crippen LogP contribution is -2.29. The number of hydrogen-bond acceptors (Lipinski definition) is 6. The van der Waals surface area contributed by atoms with Gasteiger partial charge in [-0.1, -0.05) is 54.1 Å². The molecule has 2 heterocycles. The molecular weight excluding hydrogens is 628 g/mol. The van der Waals surface area contributed by atoms with Crippen molar-refractivity contribution < 1.29 is 28.7 Å². The predicted molar refractivity (Wildman–Crippen MR) is 189 cm³/mol. The van der Waals surface area contributed by atoms with Crippen molar-refractivity contribution >= 4 is 29.3 Å². The van der Waals surface area contributed by atoms with Gasteiger partial charge < -0.3 is 9.47 Å². The third-order valence-corrected chi connectivity index (χ3v) is 8.94. The van der Waals surface area contributed by atoms with Crippen molar-refractivity contribution in [1.29, 1.82) is 0 Å². The van der Waals surface area contributed by atoms with E-state index in [1.807, 2.05) is 91.9 Å². The Morgan fingerprint density at radius 2 is 0.760 bits per heavy atom. The number of carbonyl (C=O) groups is 4. The molecule has 0 spiro atoms. The topological polar surface area (TPSA) is 93.2 Å². The first-order valence-corrected chi connectivity index (χ1v) is 16.0. The van der Waals surface area contributed by atoms with Crippen LogP contribution in [0.4, 0.5) is 5.69 Å². The standard InChI is InChI=1S/C42H28N2O6/c1-25-3-13-31(14-4-25)49-33-17-19-34(20-18-33)50-32-15-11-30(12-16-32)44-41(47)36-22-10-29(24-38(36)42(44)48)27-7-5-26(6-8-27)28-9-21-35-37(23-28)40(46)43(2)39(35)45/h3-24H,1-2H3. The minimum absolute atomic E-state index is 0.302. The summed E-state index contributed by atoms with van der Waals surface area (Å²) in [7, 11) is 1.48. The van der Waals surface area contributed by atoms with Crippen LogP contribution in [0.3, 0.4) is 0 Å². The molecule has 0 radical (unpaired) electrons. The van der Waals surface area contributed by atoms with Crippen molar-refractivity contribution in [2.75, 3.05) is 11.9 Å². The van der Waals surface area contributed by atoms with Gasteiger partial charge in [0.1, 0.15) is 23.0 Å². The van der Waals surface area contributed by atoms with Gasteiger partial charge in [-0.15, -0.1) is 0 Å². The molecular formula is C42H28N2O6. The first-order valence-electron chi connectivity index (χ1n) is 16.0. The van der Waals surface area contributed by atoms with Crippen LogP contribution in [0, 0.1) is 6.92 Å². The number of hydrogen-bond donors (Lipinski definition) is 0. The molecule has 50 heavy (non-hydrogen) atoms. The van der Waals surface area contributed by atoms with Gasteiger partial charge in [0.05, 0.1) is 27.9 Å². The molecule has 0 N–H and O–H groups in total. The van der Waals surface area contributed by atoms with Crippen molar-refractivity contribution in [2.24, 2.45) is 0 Å². The summed E-state index contributed by atoms with van der Waals surface area (Å²) in [5.41, 5.74) is 6.40. The number of imide groups is 2. The van der Waals surface area contributed by atoms with E-state index in [0.29, 0.717) is 45.2 Å². The van der Waals surface area contributed by atoms with E-state index in [1.165, 1.54) is 11.9 Å². The number of anilines is 1. The molecule has 6 aromatic rings. The summed E-state index contributed by atoms with van der Waals surface area (Å²) in [6.45, 7) is 2.02. The van der Waals surface area contributed by atoms with Crippen LogP contribution in [-0.2, 0) is 0 Å². The largest absolute Gasteiger partial charge is 0.457 e. The van der Waals surface area contributed by atoms with Crippen molar-refractivity contribution in [3.05, 3.63) is 161 Å². The molecule has 8 nitrogen and oxygen atoms in total. The average Bonchev–Trinajstić information content (AvgIpc) is 3.52. The summed E-state index contributed by atoms with van der Waals surface area (Å²) < 4.78 is 11.9. The van der Waals surface area contributed by atoms with E-state index in [4.69, 9.17) is 9.47 Å². The maximum Gasteiger partial charge on any atom is 0.266 e. The Bertz CT molecular complexity index is 2350. The summed E-state index contributed by atoms with van der Waals surface area (Å²) in [6, 6.07) is 40.1. The van der Waals surface area contributed by atoms with Crippen molar-refractivity contribution in [1.82, 2.24) is 4.90 Å². The second-order valence-corrected chi connectivity index (χ2v) is 12.2. The molecule has 0 atom stereocenters. The van der Waals surface area contributed by atoms with Gasteiger partial charge >= 0.3 is 0 Å². The van der Waals surface area contributed by atoms with Crippen LogP contribution in [0.5, 0.6) is 23.0 Å². The SMILES string of the molecule is Cc1ccc(Oc2ccc(Oc3ccc(N4C(=O)c5ccc(-c6ccc(-c7ccc8c(c7)C(=O)N(C)C8=O)cc6)cc5C4=O)cc3)cc2)cc1. The molecule has 8 heteroatoms. The van der Waals surface area contributed by atoms with E-state index in [0.717, 1.165) is 38.5 Å². The fourth-order valence-corrected chi connectivity index (χ4v) is 6.17. The fourth-order valence-electron chi connectivity index (χ4n) is 6.17. The first kappa shape index (κ1) is 30.5. The minimum Gasteiger partial charge on any atom is -0.457 e. The number of nitrogens with zero attached hydrogens (tertiary/aromatic N) is 2. The van der Waals surface area contributed by atoms with E-state index >= 15 is 0 Å². The highest BCUT2D eigenvalue weighted by atomic mass is 16.5. The fraction of sp³-hybridized carbons (Fsp3) is 0.0476. The Morgan fingerprint density at radius 1 is 0.400 bits per heavy atom. The summed E-state index contributed by atoms with van der Waals surface area (Å²) in [6.07, 6.45) is 0. The van der Waals surface area contributed by atoms with Crippen molar-refractivity contribution in [2.45, 2.75) is 6.92 Å². The van der Waals surface area contributed by atoms with Crippen molar-refractivity contribution in [3.8, 4) is 45.3 Å². The molecule has 0 unspecified atom stereocenters. The maximum atomic E-state index is 13.6. The lowest BCUT2D eigenvalue weighted by molar-refractivity contribution is 0.0692. The number of amides is 4. The van der Waals surface area contributed by atoms with Crippen molar-refractivity contribution in [3.63, 3.8) is 0 Å². The van der Waals surface area contributed by atoms with Gasteiger partial charge in [-0.25, -0.2) is 4.90 Å². The van der Waals surface area contributed by atoms with Gasteiger partial charge in [-0.05, 0) is 114 Å². The molecule has 0 fully saturated rings. The summed E-state index contributed by atoms with van der Waals surface area (Å²) in [4.78, 5) is 54.0. The molecule has 2 aliphatic rings. The number of carbonyl (C=O) groups excluding carboxylic acids is 4. The highest BCUT2D eigenvalue weighted by Crippen LogP contribution is 2.35. The third-order valence-electron chi connectivity index (χ3n) is 8.94. The third kappa shape index (κ3) is 5.38. The second kappa shape index (κ2) is 12.0. The van der Waals surface area contributed by atoms with Crippen LogP contribution in [0.1, 0.15) is 47.0 Å². The van der Waals surface area contributed by atoms with Gasteiger partial charge in [-0.3, -0.25) is 24.1 Å². The van der Waals surface area contributed by atoms with Crippen LogP contribution >= 0.6 is 0 Å². The quantitative estimate of drug-likeness (QED) is 0.159. The van der Waals surface area contributed by atoms with E-state index < -0.39 is 5.91 Å². The molecule has 6 aromatic carbocycles. The van der Waals surface area contributed by atoms with E-state index in [2.05, 4.69) is 0 Å². The van der Waals surface area contributed by atoms with Gasteiger partial charge in [-0.2, -0.15) is 0 Å². The second-order valence-electron chi connectivity index (χ2n) is 12.2. The Labute approximate surface area is 287 Å². The van der Waals surface area contributed by atoms with Gasteiger partial charge in [0.15, 0.2) is 0 Å². The van der Waals surface area contributed by atoms with Crippen LogP contribution in [0.15, 0.2) is 133 Å². The molecule has 8 rings (SSSR count). The molecule has 4 amide bonds. The lowest BCUT2D eigenvalue weighted by Gasteiger charge is -2.14. The smallest absolute Gasteiger partial charge is 0.266 e. The monoisotopic (exact) mass is 656 g/mol. The number of ether oxygens (including phenoxy) is 2. The van der Waals surface area contributed by atoms with Crippen LogP contribution in [-0.4, -0.2) is 35.6 Å². The average molecular weight is 657 g/mol. The van der Waals surface area contributed by atoms with E-state index in [9.17, 15) is 19.2 Å². The highest BCUT2D eigenvalue weighted by molar-refractivity contribution is 6.34. The molecule has 0 saturated carbocycles. The van der Waals surface area contributed by atoms with Gasteiger partial charge in [0.25, 0.3) is 23.6 Å². The minimum atomic E-state index is -0.399. The lowest BCUT2D eigenvalue weighted by atomic mass is 9.96. The molecule has 2 aliphatic heterocycles. The Hall–Kier alpha value is -6.80. The number of aryl methyl sites for hydroxylation is 1. The van der Waals surface area contributed by atoms with Gasteiger partial charge in [0.2, 0.25) is 0 Å². The normalized spacial score (nSPS) is 13.5. The Balaban J connectivity index is 0.952. The molecule has 0 bridgehead atoms. The van der Waals surface area contributed by atoms with E-state index in [1.54, 1.807) is 48.5 Å². The zero-order valence-corrected chi connectivity index (χ0v) is 27.0. The summed E-state index contributed by atoms with van der Waals surface area (Å²) in [5, 5.41) is 0. The van der Waals surface area contributed by atoms with E-state index in [-0.39, 0.29) is 17.7 Å². The Morgan fingerprint density at radius 3 is 1.26 bits per heavy atom. The van der Waals surface area contributed by atoms with Gasteiger partial charge in [0, 0.05) is 7.05 Å². The molecule has 0 aromatic heterocycles. The molecule has 242 valence electrons. The first-order chi connectivity index (χ1) is 24.2. The highest BCUT2D eigenvalue weighted by Gasteiger charge is 2.37.